The molecule has 1 heterocycles. The molecular formula is C112H152O6S. The predicted octanol–water partition coefficient (Wildman–Crippen LogP) is 34.8. The largest absolute Gasteiger partial charge is 0.492 e. The zero-order valence-electron chi connectivity index (χ0n) is 75.2. The summed E-state index contributed by atoms with van der Waals surface area (Å²) in [6.45, 7) is 17.1. The highest BCUT2D eigenvalue weighted by Crippen LogP contribution is 2.51. The van der Waals surface area contributed by atoms with Crippen molar-refractivity contribution in [2.24, 2.45) is 0 Å². The molecule has 119 heavy (non-hydrogen) atoms. The minimum atomic E-state index is 0.353. The van der Waals surface area contributed by atoms with Crippen molar-refractivity contribution in [3.05, 3.63) is 166 Å². The molecule has 10 aromatic rings. The van der Waals surface area contributed by atoms with E-state index in [1.165, 1.54) is 333 Å². The SMILES string of the molecule is CCCCCCCCCCCCCCCCOc1cc(COc2ccc(C#Cc3cc(OCCCCCC)c(C#Cc4sc5c6ccccc6c6cc(-c7ccc(C)cc7)cc7c8ccccc8c4c5c67)cc3OCCCCCC)cc2)cc(OCCCCCCCCCCCCCCCC)c1OCCCCCCCCCCCCCCCC. The van der Waals surface area contributed by atoms with Gasteiger partial charge in [-0.25, -0.2) is 0 Å². The van der Waals surface area contributed by atoms with Crippen molar-refractivity contribution in [3.8, 4) is 69.3 Å². The average molecular weight is 1630 g/mol. The van der Waals surface area contributed by atoms with Crippen molar-refractivity contribution < 1.29 is 28.4 Å². The normalized spacial score (nSPS) is 11.5. The lowest BCUT2D eigenvalue weighted by Gasteiger charge is -2.19. The Morgan fingerprint density at radius 1 is 0.261 bits per heavy atom. The standard InChI is InChI=1S/C112H152O6S/c1-7-12-17-22-25-28-31-34-37-40-43-46-49-58-79-115-105-82-91(83-106(116-80-59-50-47-44-41-38-35-32-29-26-23-18-13-8-2)111(105)117-81-60-51-48-45-42-39-36-33-30-27-24-19-14-9-3)88-118-96-74-68-90(69-75-96)67-72-93-86-104(114-78-57-21-16-11-5)94(87-103(93)113-77-56-20-15-10-4)73-76-107-109-99-63-54-52-61-97(99)101-84-95(92-70-65-89(6)66-71-92)85-102-98-62-53-55-64-100(98)112(119-107)110(109)108(101)102/h52-55,61-66,68-71,74-75,82-87H,7-51,56-60,77-81,88H2,1-6H3. The second-order valence-electron chi connectivity index (χ2n) is 34.6. The summed E-state index contributed by atoms with van der Waals surface area (Å²) in [6, 6.07) is 48.5. The van der Waals surface area contributed by atoms with E-state index in [4.69, 9.17) is 28.4 Å². The van der Waals surface area contributed by atoms with E-state index in [1.54, 1.807) is 0 Å². The maximum Gasteiger partial charge on any atom is 0.203 e. The first kappa shape index (κ1) is 93.4. The van der Waals surface area contributed by atoms with Crippen LogP contribution in [0.2, 0.25) is 0 Å². The van der Waals surface area contributed by atoms with E-state index >= 15 is 0 Å². The Balaban J connectivity index is 0.867. The van der Waals surface area contributed by atoms with Crippen molar-refractivity contribution in [3.63, 3.8) is 0 Å². The van der Waals surface area contributed by atoms with Crippen molar-refractivity contribution in [2.75, 3.05) is 33.0 Å². The molecule has 0 spiro atoms. The molecule has 6 nitrogen and oxygen atoms in total. The molecule has 0 aliphatic rings. The number of hydrogen-bond donors (Lipinski definition) is 0. The van der Waals surface area contributed by atoms with Crippen LogP contribution in [0.25, 0.3) is 64.3 Å². The maximum atomic E-state index is 6.86. The number of unbranched alkanes of at least 4 members (excludes halogenated alkanes) is 45. The number of fused-ring (bicyclic) bond motifs is 6. The van der Waals surface area contributed by atoms with E-state index in [1.807, 2.05) is 23.5 Å². The van der Waals surface area contributed by atoms with Gasteiger partial charge in [-0.3, -0.25) is 0 Å². The van der Waals surface area contributed by atoms with Gasteiger partial charge in [0.25, 0.3) is 0 Å². The fourth-order valence-electron chi connectivity index (χ4n) is 17.3. The summed E-state index contributed by atoms with van der Waals surface area (Å²) in [5.74, 6) is 19.2. The number of hydrogen-bond acceptors (Lipinski definition) is 7. The highest BCUT2D eigenvalue weighted by Gasteiger charge is 2.24. The second-order valence-corrected chi connectivity index (χ2v) is 35.7. The molecule has 0 aliphatic carbocycles. The van der Waals surface area contributed by atoms with Crippen LogP contribution in [-0.4, -0.2) is 33.0 Å². The molecule has 0 atom stereocenters. The van der Waals surface area contributed by atoms with Gasteiger partial charge in [-0.15, -0.1) is 11.3 Å². The van der Waals surface area contributed by atoms with Crippen LogP contribution in [0.3, 0.4) is 0 Å². The van der Waals surface area contributed by atoms with Crippen molar-refractivity contribution in [1.82, 2.24) is 0 Å². The number of thiophene rings is 1. The molecule has 0 aliphatic heterocycles. The van der Waals surface area contributed by atoms with Gasteiger partial charge in [0.1, 0.15) is 23.9 Å². The highest BCUT2D eigenvalue weighted by atomic mass is 32.1. The van der Waals surface area contributed by atoms with Gasteiger partial charge in [0.2, 0.25) is 5.75 Å². The molecule has 7 heteroatoms. The molecule has 1 aromatic heterocycles. The van der Waals surface area contributed by atoms with Gasteiger partial charge in [-0.05, 0) is 142 Å². The third-order valence-corrected chi connectivity index (χ3v) is 25.6. The van der Waals surface area contributed by atoms with Crippen molar-refractivity contribution >= 4 is 64.5 Å². The van der Waals surface area contributed by atoms with E-state index in [0.717, 1.165) is 119 Å². The van der Waals surface area contributed by atoms with Crippen LogP contribution in [0, 0.1) is 30.6 Å². The Hall–Kier alpha value is -7.84. The van der Waals surface area contributed by atoms with Crippen LogP contribution in [0.4, 0.5) is 0 Å². The highest BCUT2D eigenvalue weighted by molar-refractivity contribution is 7.22. The minimum Gasteiger partial charge on any atom is -0.492 e. The van der Waals surface area contributed by atoms with Crippen LogP contribution < -0.4 is 28.4 Å². The zero-order valence-corrected chi connectivity index (χ0v) is 76.0. The minimum absolute atomic E-state index is 0.353. The van der Waals surface area contributed by atoms with Crippen LogP contribution in [0.5, 0.6) is 34.5 Å². The van der Waals surface area contributed by atoms with Crippen LogP contribution in [0.15, 0.2) is 133 Å². The lowest BCUT2D eigenvalue weighted by molar-refractivity contribution is 0.232. The summed E-state index contributed by atoms with van der Waals surface area (Å²) < 4.78 is 42.2. The summed E-state index contributed by atoms with van der Waals surface area (Å²) in [4.78, 5) is 1.05. The lowest BCUT2D eigenvalue weighted by atomic mass is 9.87. The van der Waals surface area contributed by atoms with E-state index in [0.29, 0.717) is 39.6 Å². The summed E-state index contributed by atoms with van der Waals surface area (Å²) in [7, 11) is 0. The first-order valence-corrected chi connectivity index (χ1v) is 49.6. The van der Waals surface area contributed by atoms with Gasteiger partial charge < -0.3 is 28.4 Å². The molecule has 0 amide bonds. The molecule has 0 saturated heterocycles. The number of rotatable bonds is 64. The number of aryl methyl sites for hydroxylation is 1. The van der Waals surface area contributed by atoms with Crippen LogP contribution in [0.1, 0.15) is 388 Å². The quantitative estimate of drug-likeness (QED) is 0.0164. The number of ether oxygens (including phenoxy) is 6. The predicted molar refractivity (Wildman–Crippen MR) is 516 cm³/mol. The van der Waals surface area contributed by atoms with Gasteiger partial charge in [0.05, 0.1) is 49.0 Å². The summed E-state index contributed by atoms with van der Waals surface area (Å²) in [5, 5.41) is 11.3. The average Bonchev–Trinajstić information content (AvgIpc) is 1.59. The van der Waals surface area contributed by atoms with E-state index in [9.17, 15) is 0 Å². The summed E-state index contributed by atoms with van der Waals surface area (Å²) in [5.41, 5.74) is 7.18. The van der Waals surface area contributed by atoms with Gasteiger partial charge in [-0.1, -0.05) is 420 Å². The Morgan fingerprint density at radius 3 is 1.02 bits per heavy atom. The molecule has 0 fully saturated rings. The van der Waals surface area contributed by atoms with Crippen molar-refractivity contribution in [1.29, 1.82) is 0 Å². The Morgan fingerprint density at radius 2 is 0.605 bits per heavy atom. The van der Waals surface area contributed by atoms with Gasteiger partial charge in [0.15, 0.2) is 11.5 Å². The summed E-state index contributed by atoms with van der Waals surface area (Å²) in [6.07, 6.45) is 64.5. The third kappa shape index (κ3) is 31.5. The smallest absolute Gasteiger partial charge is 0.203 e. The van der Waals surface area contributed by atoms with E-state index in [2.05, 4.69) is 187 Å². The first-order chi connectivity index (χ1) is 58.9. The molecule has 0 N–H and O–H groups in total. The second kappa shape index (κ2) is 56.0. The monoisotopic (exact) mass is 1630 g/mol. The zero-order chi connectivity index (χ0) is 82.8. The number of benzene rings is 9. The molecule has 9 aromatic carbocycles. The van der Waals surface area contributed by atoms with Gasteiger partial charge in [0, 0.05) is 38.6 Å². The van der Waals surface area contributed by atoms with Crippen molar-refractivity contribution in [2.45, 2.75) is 369 Å². The van der Waals surface area contributed by atoms with Gasteiger partial charge >= 0.3 is 0 Å². The van der Waals surface area contributed by atoms with E-state index in [-0.39, 0.29) is 0 Å². The Kier molecular flexibility index (Phi) is 43.9. The fourth-order valence-corrected chi connectivity index (χ4v) is 18.5. The van der Waals surface area contributed by atoms with Crippen LogP contribution in [-0.2, 0) is 6.61 Å². The third-order valence-electron chi connectivity index (χ3n) is 24.5. The Labute approximate surface area is 725 Å². The van der Waals surface area contributed by atoms with Crippen LogP contribution >= 0.6 is 11.3 Å². The molecule has 0 radical (unpaired) electrons. The van der Waals surface area contributed by atoms with Gasteiger partial charge in [-0.2, -0.15) is 0 Å². The fraction of sp³-hybridized carbons (Fsp3) is 0.554. The van der Waals surface area contributed by atoms with E-state index < -0.39 is 0 Å². The molecule has 642 valence electrons. The molecular weight excluding hydrogens is 1470 g/mol. The topological polar surface area (TPSA) is 55.4 Å². The molecule has 0 saturated carbocycles. The lowest BCUT2D eigenvalue weighted by Crippen LogP contribution is -2.08. The first-order valence-electron chi connectivity index (χ1n) is 48.8. The molecule has 0 unspecified atom stereocenters. The summed E-state index contributed by atoms with van der Waals surface area (Å²) >= 11 is 1.81. The maximum absolute atomic E-state index is 6.86. The Bertz CT molecular complexity index is 4520. The molecule has 10 rings (SSSR count). The molecule has 0 bridgehead atoms.